The molecule has 162 valence electrons. The van der Waals surface area contributed by atoms with Crippen LogP contribution in [0.15, 0.2) is 43.0 Å². The van der Waals surface area contributed by atoms with Gasteiger partial charge >= 0.3 is 6.18 Å². The molecule has 31 heavy (non-hydrogen) atoms. The van der Waals surface area contributed by atoms with Gasteiger partial charge in [0.2, 0.25) is 6.35 Å². The van der Waals surface area contributed by atoms with Gasteiger partial charge in [0.15, 0.2) is 17.4 Å². The lowest BCUT2D eigenvalue weighted by Gasteiger charge is -2.17. The Bertz CT molecular complexity index is 1190. The van der Waals surface area contributed by atoms with Crippen LogP contribution in [0.2, 0.25) is 0 Å². The topological polar surface area (TPSA) is 111 Å². The maximum Gasteiger partial charge on any atom is 0.418 e. The number of hydrogen-bond donors (Lipinski definition) is 5. The van der Waals surface area contributed by atoms with Crippen molar-refractivity contribution in [3.05, 3.63) is 60.2 Å². The molecule has 1 unspecified atom stereocenters. The number of rotatable bonds is 6. The van der Waals surface area contributed by atoms with Crippen molar-refractivity contribution in [2.24, 2.45) is 0 Å². The van der Waals surface area contributed by atoms with Gasteiger partial charge in [-0.05, 0) is 6.07 Å². The third-order valence-corrected chi connectivity index (χ3v) is 4.16. The fourth-order valence-corrected chi connectivity index (χ4v) is 2.87. The number of benzene rings is 1. The fraction of sp³-hybridized carbons (Fsp3) is 0.111. The molecule has 8 nitrogen and oxygen atoms in total. The summed E-state index contributed by atoms with van der Waals surface area (Å²) in [6, 6.07) is 2.70. The van der Waals surface area contributed by atoms with E-state index >= 15 is 0 Å². The number of H-pyrrole nitrogens is 2. The van der Waals surface area contributed by atoms with E-state index in [1.54, 1.807) is 0 Å². The average Bonchev–Trinajstić information content (AvgIpc) is 3.34. The summed E-state index contributed by atoms with van der Waals surface area (Å²) in [7, 11) is 0. The summed E-state index contributed by atoms with van der Waals surface area (Å²) in [6.45, 7) is 0. The third kappa shape index (κ3) is 4.21. The van der Waals surface area contributed by atoms with E-state index < -0.39 is 46.6 Å². The molecule has 0 saturated heterocycles. The van der Waals surface area contributed by atoms with E-state index in [-0.39, 0.29) is 11.3 Å². The number of halogens is 5. The highest BCUT2D eigenvalue weighted by molar-refractivity contribution is 5.87. The maximum atomic E-state index is 14.5. The van der Waals surface area contributed by atoms with Crippen molar-refractivity contribution in [2.45, 2.75) is 12.5 Å². The number of aliphatic hydroxyl groups is 1. The van der Waals surface area contributed by atoms with Crippen molar-refractivity contribution in [3.8, 4) is 11.5 Å². The number of aromatic nitrogens is 4. The molecular formula is C18H13F5N6O2. The molecule has 0 saturated carbocycles. The van der Waals surface area contributed by atoms with Crippen molar-refractivity contribution in [3.63, 3.8) is 0 Å². The molecule has 0 aliphatic rings. The molecule has 1 aromatic carbocycles. The smallest absolute Gasteiger partial charge is 0.418 e. The van der Waals surface area contributed by atoms with Crippen molar-refractivity contribution in [2.75, 3.05) is 10.6 Å². The second-order valence-electron chi connectivity index (χ2n) is 6.28. The van der Waals surface area contributed by atoms with Gasteiger partial charge in [-0.2, -0.15) is 18.3 Å². The van der Waals surface area contributed by atoms with E-state index in [1.165, 1.54) is 12.4 Å². The highest BCUT2D eigenvalue weighted by atomic mass is 19.4. The largest absolute Gasteiger partial charge is 0.450 e. The highest BCUT2D eigenvalue weighted by Crippen LogP contribution is 2.40. The molecule has 0 spiro atoms. The molecule has 0 amide bonds. The Morgan fingerprint density at radius 3 is 2.42 bits per heavy atom. The molecule has 3 heterocycles. The Balaban J connectivity index is 1.61. The summed E-state index contributed by atoms with van der Waals surface area (Å²) in [6.07, 6.45) is -1.51. The average molecular weight is 440 g/mol. The van der Waals surface area contributed by atoms with Gasteiger partial charge in [0, 0.05) is 36.4 Å². The zero-order valence-corrected chi connectivity index (χ0v) is 15.3. The number of fused-ring (bicyclic) bond motifs is 1. The minimum atomic E-state index is -4.73. The Morgan fingerprint density at radius 2 is 1.77 bits per heavy atom. The number of ether oxygens (including phenoxy) is 1. The number of alkyl halides is 3. The first-order valence-electron chi connectivity index (χ1n) is 8.62. The molecule has 5 N–H and O–H groups in total. The standard InChI is InChI=1S/C18H13F5N6O2/c19-11-3-8(28-17(30)29-9-5-26-27-6-9)4-12(20)15(11)31-13-1-2-24-16-14(13)10(7-25-16)18(21,22)23/h1-7,17,28-30H,(H,24,25)(H,26,27). The first kappa shape index (κ1) is 20.4. The van der Waals surface area contributed by atoms with Crippen LogP contribution in [0.1, 0.15) is 5.56 Å². The predicted octanol–water partition coefficient (Wildman–Crippen LogP) is 4.18. The lowest BCUT2D eigenvalue weighted by molar-refractivity contribution is -0.136. The lowest BCUT2D eigenvalue weighted by atomic mass is 10.2. The van der Waals surface area contributed by atoms with Crippen LogP contribution < -0.4 is 15.4 Å². The lowest BCUT2D eigenvalue weighted by Crippen LogP contribution is -2.27. The van der Waals surface area contributed by atoms with Crippen LogP contribution in [0.25, 0.3) is 11.0 Å². The van der Waals surface area contributed by atoms with E-state index in [0.29, 0.717) is 11.9 Å². The van der Waals surface area contributed by atoms with Gasteiger partial charge in [-0.1, -0.05) is 0 Å². The Kier molecular flexibility index (Phi) is 5.10. The molecule has 4 aromatic rings. The summed E-state index contributed by atoms with van der Waals surface area (Å²) in [5.74, 6) is -3.75. The minimum Gasteiger partial charge on any atom is -0.450 e. The van der Waals surface area contributed by atoms with E-state index in [2.05, 4.69) is 30.8 Å². The monoisotopic (exact) mass is 440 g/mol. The number of nitrogens with one attached hydrogen (secondary N) is 4. The van der Waals surface area contributed by atoms with Crippen LogP contribution in [-0.4, -0.2) is 31.6 Å². The van der Waals surface area contributed by atoms with Crippen LogP contribution >= 0.6 is 0 Å². The van der Waals surface area contributed by atoms with Crippen LogP contribution in [0.3, 0.4) is 0 Å². The van der Waals surface area contributed by atoms with Gasteiger partial charge in [-0.25, -0.2) is 13.8 Å². The van der Waals surface area contributed by atoms with E-state index in [9.17, 15) is 27.1 Å². The van der Waals surface area contributed by atoms with E-state index in [4.69, 9.17) is 4.74 Å². The maximum absolute atomic E-state index is 14.5. The molecule has 1 atom stereocenters. The van der Waals surface area contributed by atoms with E-state index in [0.717, 1.165) is 24.4 Å². The van der Waals surface area contributed by atoms with Crippen molar-refractivity contribution in [1.82, 2.24) is 20.2 Å². The number of hydrogen-bond acceptors (Lipinski definition) is 6. The predicted molar refractivity (Wildman–Crippen MR) is 99.4 cm³/mol. The first-order chi connectivity index (χ1) is 14.7. The quantitative estimate of drug-likeness (QED) is 0.227. The summed E-state index contributed by atoms with van der Waals surface area (Å²) in [4.78, 5) is 6.11. The number of nitrogens with zero attached hydrogens (tertiary/aromatic N) is 2. The highest BCUT2D eigenvalue weighted by Gasteiger charge is 2.35. The SMILES string of the molecule is OC(Nc1cn[nH]c1)Nc1cc(F)c(Oc2ccnc3[nH]cc(C(F)(F)F)c23)c(F)c1. The molecule has 0 bridgehead atoms. The summed E-state index contributed by atoms with van der Waals surface area (Å²) in [5.41, 5.74) is -0.978. The Morgan fingerprint density at radius 1 is 1.06 bits per heavy atom. The van der Waals surface area contributed by atoms with Gasteiger partial charge in [0.1, 0.15) is 11.4 Å². The van der Waals surface area contributed by atoms with Crippen LogP contribution in [-0.2, 0) is 6.18 Å². The molecule has 0 aliphatic heterocycles. The first-order valence-corrected chi connectivity index (χ1v) is 8.62. The Labute approximate surface area is 170 Å². The molecule has 13 heteroatoms. The third-order valence-electron chi connectivity index (χ3n) is 4.16. The van der Waals surface area contributed by atoms with E-state index in [1.807, 2.05) is 0 Å². The Hall–Kier alpha value is -3.87. The molecule has 4 rings (SSSR count). The number of anilines is 2. The number of aliphatic hydroxyl groups excluding tert-OH is 1. The number of aromatic amines is 2. The molecule has 0 fully saturated rings. The second kappa shape index (κ2) is 7.75. The van der Waals surface area contributed by atoms with Gasteiger partial charge in [-0.3, -0.25) is 5.10 Å². The van der Waals surface area contributed by atoms with Crippen molar-refractivity contribution < 1.29 is 31.8 Å². The normalized spacial score (nSPS) is 12.7. The molecular weight excluding hydrogens is 427 g/mol. The zero-order valence-electron chi connectivity index (χ0n) is 15.3. The van der Waals surface area contributed by atoms with Crippen LogP contribution in [0.4, 0.5) is 33.3 Å². The van der Waals surface area contributed by atoms with Gasteiger partial charge < -0.3 is 25.5 Å². The van der Waals surface area contributed by atoms with Crippen molar-refractivity contribution >= 4 is 22.4 Å². The van der Waals surface area contributed by atoms with Crippen LogP contribution in [0, 0.1) is 11.6 Å². The summed E-state index contributed by atoms with van der Waals surface area (Å²) in [5, 5.41) is 20.6. The van der Waals surface area contributed by atoms with Crippen LogP contribution in [0.5, 0.6) is 11.5 Å². The van der Waals surface area contributed by atoms with Gasteiger partial charge in [0.25, 0.3) is 0 Å². The summed E-state index contributed by atoms with van der Waals surface area (Å²) >= 11 is 0. The van der Waals surface area contributed by atoms with Crippen molar-refractivity contribution in [1.29, 1.82) is 0 Å². The molecule has 0 radical (unpaired) electrons. The zero-order chi connectivity index (χ0) is 22.2. The minimum absolute atomic E-state index is 0.150. The van der Waals surface area contributed by atoms with Gasteiger partial charge in [0.05, 0.1) is 22.8 Å². The summed E-state index contributed by atoms with van der Waals surface area (Å²) < 4.78 is 73.9. The van der Waals surface area contributed by atoms with Gasteiger partial charge in [-0.15, -0.1) is 0 Å². The molecule has 0 aliphatic carbocycles. The molecule has 3 aromatic heterocycles. The fourth-order valence-electron chi connectivity index (χ4n) is 2.87. The number of pyridine rings is 1. The second-order valence-corrected chi connectivity index (χ2v) is 6.28.